The summed E-state index contributed by atoms with van der Waals surface area (Å²) in [5.41, 5.74) is 0.282. The van der Waals surface area contributed by atoms with Crippen LogP contribution in [-0.2, 0) is 13.1 Å². The van der Waals surface area contributed by atoms with Crippen molar-refractivity contribution in [2.24, 2.45) is 5.41 Å². The lowest BCUT2D eigenvalue weighted by atomic mass is 9.84. The monoisotopic (exact) mass is 251 g/mol. The first kappa shape index (κ1) is 13.5. The predicted molar refractivity (Wildman–Crippen MR) is 72.2 cm³/mol. The van der Waals surface area contributed by atoms with Crippen LogP contribution in [0.15, 0.2) is 6.33 Å². The minimum atomic E-state index is 0.282. The van der Waals surface area contributed by atoms with Gasteiger partial charge in [-0.05, 0) is 12.3 Å². The second-order valence-electron chi connectivity index (χ2n) is 6.05. The topological polar surface area (TPSA) is 46.0 Å². The lowest BCUT2D eigenvalue weighted by Crippen LogP contribution is -2.56. The molecule has 1 atom stereocenters. The van der Waals surface area contributed by atoms with Crippen molar-refractivity contribution in [1.82, 2.24) is 25.0 Å². The smallest absolute Gasteiger partial charge is 0.141 e. The Bertz CT molecular complexity index is 379. The molecule has 1 saturated heterocycles. The third kappa shape index (κ3) is 2.90. The van der Waals surface area contributed by atoms with Crippen LogP contribution in [0.4, 0.5) is 0 Å². The molecular weight excluding hydrogens is 226 g/mol. The number of nitrogens with one attached hydrogen (secondary N) is 1. The van der Waals surface area contributed by atoms with Gasteiger partial charge in [-0.25, -0.2) is 9.67 Å². The van der Waals surface area contributed by atoms with Crippen LogP contribution in [0.5, 0.6) is 0 Å². The van der Waals surface area contributed by atoms with Crippen LogP contribution in [0, 0.1) is 5.41 Å². The van der Waals surface area contributed by atoms with E-state index in [2.05, 4.69) is 48.0 Å². The molecule has 0 aliphatic carbocycles. The molecule has 0 radical (unpaired) electrons. The third-order valence-electron chi connectivity index (χ3n) is 3.69. The number of rotatable bonds is 3. The molecule has 5 heteroatoms. The molecule has 2 rings (SSSR count). The SMILES string of the molecule is CCn1ncnc1CN1CCNCC1C(C)(C)C. The van der Waals surface area contributed by atoms with Crippen molar-refractivity contribution in [2.75, 3.05) is 19.6 Å². The molecule has 102 valence electrons. The highest BCUT2D eigenvalue weighted by Gasteiger charge is 2.32. The van der Waals surface area contributed by atoms with E-state index < -0.39 is 0 Å². The van der Waals surface area contributed by atoms with Gasteiger partial charge in [-0.1, -0.05) is 20.8 Å². The fourth-order valence-corrected chi connectivity index (χ4v) is 2.65. The number of nitrogens with zero attached hydrogens (tertiary/aromatic N) is 4. The molecule has 1 aliphatic rings. The van der Waals surface area contributed by atoms with Crippen LogP contribution in [0.25, 0.3) is 0 Å². The van der Waals surface area contributed by atoms with E-state index in [0.29, 0.717) is 6.04 Å². The van der Waals surface area contributed by atoms with Gasteiger partial charge in [-0.2, -0.15) is 5.10 Å². The van der Waals surface area contributed by atoms with Gasteiger partial charge < -0.3 is 5.32 Å². The summed E-state index contributed by atoms with van der Waals surface area (Å²) in [5.74, 6) is 1.08. The number of aryl methyl sites for hydroxylation is 1. The zero-order valence-electron chi connectivity index (χ0n) is 12.0. The fraction of sp³-hybridized carbons (Fsp3) is 0.846. The summed E-state index contributed by atoms with van der Waals surface area (Å²) in [6, 6.07) is 0.549. The van der Waals surface area contributed by atoms with Crippen LogP contribution in [0.2, 0.25) is 0 Å². The average molecular weight is 251 g/mol. The molecule has 0 spiro atoms. The number of hydrogen-bond donors (Lipinski definition) is 1. The molecule has 1 aliphatic heterocycles. The van der Waals surface area contributed by atoms with Crippen molar-refractivity contribution in [2.45, 2.75) is 46.8 Å². The van der Waals surface area contributed by atoms with Gasteiger partial charge in [0.15, 0.2) is 0 Å². The van der Waals surface area contributed by atoms with Gasteiger partial charge >= 0.3 is 0 Å². The molecule has 18 heavy (non-hydrogen) atoms. The Labute approximate surface area is 110 Å². The number of hydrogen-bond acceptors (Lipinski definition) is 4. The molecule has 1 aromatic heterocycles. The lowest BCUT2D eigenvalue weighted by molar-refractivity contribution is 0.0655. The minimum absolute atomic E-state index is 0.282. The van der Waals surface area contributed by atoms with Gasteiger partial charge in [0, 0.05) is 32.2 Å². The van der Waals surface area contributed by atoms with E-state index in [1.54, 1.807) is 6.33 Å². The highest BCUT2D eigenvalue weighted by molar-refractivity contribution is 4.93. The van der Waals surface area contributed by atoms with E-state index in [1.807, 2.05) is 4.68 Å². The standard InChI is InChI=1S/C13H25N5/c1-5-18-12(15-10-16-18)9-17-7-6-14-8-11(17)13(2,3)4/h10-11,14H,5-9H2,1-4H3. The zero-order valence-corrected chi connectivity index (χ0v) is 12.0. The number of aromatic nitrogens is 3. The third-order valence-corrected chi connectivity index (χ3v) is 3.69. The Morgan fingerprint density at radius 2 is 2.22 bits per heavy atom. The van der Waals surface area contributed by atoms with Crippen LogP contribution < -0.4 is 5.32 Å². The molecule has 0 amide bonds. The summed E-state index contributed by atoms with van der Waals surface area (Å²) in [6.07, 6.45) is 1.66. The Balaban J connectivity index is 2.10. The van der Waals surface area contributed by atoms with E-state index >= 15 is 0 Å². The molecule has 0 saturated carbocycles. The fourth-order valence-electron chi connectivity index (χ4n) is 2.65. The molecule has 1 aromatic rings. The normalized spacial score (nSPS) is 22.3. The molecule has 0 aromatic carbocycles. The van der Waals surface area contributed by atoms with E-state index in [-0.39, 0.29) is 5.41 Å². The molecule has 5 nitrogen and oxygen atoms in total. The zero-order chi connectivity index (χ0) is 13.2. The van der Waals surface area contributed by atoms with Gasteiger partial charge in [0.2, 0.25) is 0 Å². The predicted octanol–water partition coefficient (Wildman–Crippen LogP) is 1.12. The second-order valence-corrected chi connectivity index (χ2v) is 6.05. The lowest BCUT2D eigenvalue weighted by Gasteiger charge is -2.43. The van der Waals surface area contributed by atoms with Crippen molar-refractivity contribution < 1.29 is 0 Å². The van der Waals surface area contributed by atoms with Crippen LogP contribution >= 0.6 is 0 Å². The molecule has 2 heterocycles. The van der Waals surface area contributed by atoms with Crippen LogP contribution in [-0.4, -0.2) is 45.3 Å². The van der Waals surface area contributed by atoms with Crippen molar-refractivity contribution in [3.8, 4) is 0 Å². The first-order chi connectivity index (χ1) is 8.52. The summed E-state index contributed by atoms with van der Waals surface area (Å²) in [7, 11) is 0. The Kier molecular flexibility index (Phi) is 4.02. The summed E-state index contributed by atoms with van der Waals surface area (Å²) in [4.78, 5) is 6.92. The van der Waals surface area contributed by atoms with Crippen molar-refractivity contribution in [3.05, 3.63) is 12.2 Å². The maximum atomic E-state index is 4.39. The molecular formula is C13H25N5. The van der Waals surface area contributed by atoms with E-state index in [4.69, 9.17) is 0 Å². The van der Waals surface area contributed by atoms with E-state index in [1.165, 1.54) is 0 Å². The molecule has 0 bridgehead atoms. The maximum Gasteiger partial charge on any atom is 0.141 e. The summed E-state index contributed by atoms with van der Waals surface area (Å²) >= 11 is 0. The summed E-state index contributed by atoms with van der Waals surface area (Å²) in [6.45, 7) is 14.0. The van der Waals surface area contributed by atoms with Crippen molar-refractivity contribution >= 4 is 0 Å². The minimum Gasteiger partial charge on any atom is -0.314 e. The second kappa shape index (κ2) is 5.36. The van der Waals surface area contributed by atoms with E-state index in [0.717, 1.165) is 38.5 Å². The Hall–Kier alpha value is -0.940. The Morgan fingerprint density at radius 3 is 2.89 bits per heavy atom. The van der Waals surface area contributed by atoms with Crippen molar-refractivity contribution in [3.63, 3.8) is 0 Å². The highest BCUT2D eigenvalue weighted by atomic mass is 15.4. The molecule has 1 N–H and O–H groups in total. The molecule has 1 fully saturated rings. The highest BCUT2D eigenvalue weighted by Crippen LogP contribution is 2.26. The quantitative estimate of drug-likeness (QED) is 0.874. The van der Waals surface area contributed by atoms with Gasteiger partial charge in [0.1, 0.15) is 12.2 Å². The number of piperazine rings is 1. The van der Waals surface area contributed by atoms with Gasteiger partial charge in [0.25, 0.3) is 0 Å². The summed E-state index contributed by atoms with van der Waals surface area (Å²) in [5, 5.41) is 7.75. The average Bonchev–Trinajstić information content (AvgIpc) is 2.75. The van der Waals surface area contributed by atoms with Crippen LogP contribution in [0.3, 0.4) is 0 Å². The first-order valence-electron chi connectivity index (χ1n) is 6.84. The van der Waals surface area contributed by atoms with Gasteiger partial charge in [0.05, 0.1) is 6.54 Å². The first-order valence-corrected chi connectivity index (χ1v) is 6.84. The molecule has 1 unspecified atom stereocenters. The van der Waals surface area contributed by atoms with Crippen molar-refractivity contribution in [1.29, 1.82) is 0 Å². The van der Waals surface area contributed by atoms with Gasteiger partial charge in [-0.3, -0.25) is 4.90 Å². The summed E-state index contributed by atoms with van der Waals surface area (Å²) < 4.78 is 1.99. The van der Waals surface area contributed by atoms with Crippen LogP contribution in [0.1, 0.15) is 33.5 Å². The van der Waals surface area contributed by atoms with Gasteiger partial charge in [-0.15, -0.1) is 0 Å². The maximum absolute atomic E-state index is 4.39. The van der Waals surface area contributed by atoms with E-state index in [9.17, 15) is 0 Å². The Morgan fingerprint density at radius 1 is 1.44 bits per heavy atom. The largest absolute Gasteiger partial charge is 0.314 e.